The Hall–Kier alpha value is -1.32. The zero-order chi connectivity index (χ0) is 9.56. The van der Waals surface area contributed by atoms with Gasteiger partial charge in [0.25, 0.3) is 0 Å². The van der Waals surface area contributed by atoms with Crippen LogP contribution in [0.15, 0.2) is 11.6 Å². The second kappa shape index (κ2) is 5.35. The highest BCUT2D eigenvalue weighted by Crippen LogP contribution is 2.04. The molecule has 0 heterocycles. The summed E-state index contributed by atoms with van der Waals surface area (Å²) in [7, 11) is 1.21. The van der Waals surface area contributed by atoms with Crippen LogP contribution < -0.4 is 0 Å². The molecule has 0 spiro atoms. The molecule has 0 fully saturated rings. The van der Waals surface area contributed by atoms with Gasteiger partial charge in [0.15, 0.2) is 0 Å². The first-order valence-electron chi connectivity index (χ1n) is 3.63. The van der Waals surface area contributed by atoms with E-state index < -0.39 is 11.9 Å². The highest BCUT2D eigenvalue weighted by atomic mass is 16.5. The summed E-state index contributed by atoms with van der Waals surface area (Å²) in [5.74, 6) is -1.69. The number of aliphatic carboxylic acids is 1. The van der Waals surface area contributed by atoms with Crippen LogP contribution in [0.25, 0.3) is 0 Å². The van der Waals surface area contributed by atoms with Crippen LogP contribution in [0.5, 0.6) is 0 Å². The molecule has 0 unspecified atom stereocenters. The molecule has 4 heteroatoms. The van der Waals surface area contributed by atoms with Crippen molar-refractivity contribution in [3.05, 3.63) is 11.6 Å². The average Bonchev–Trinajstić information content (AvgIpc) is 2.03. The van der Waals surface area contributed by atoms with Gasteiger partial charge in [0.1, 0.15) is 0 Å². The molecule has 4 nitrogen and oxygen atoms in total. The number of carbonyl (C=O) groups excluding carboxylic acids is 1. The van der Waals surface area contributed by atoms with Gasteiger partial charge in [0, 0.05) is 11.6 Å². The molecule has 0 saturated carbocycles. The summed E-state index contributed by atoms with van der Waals surface area (Å²) in [5.41, 5.74) is 0.0874. The smallest absolute Gasteiger partial charge is 0.331 e. The maximum Gasteiger partial charge on any atom is 0.331 e. The van der Waals surface area contributed by atoms with Crippen LogP contribution in [0.4, 0.5) is 0 Å². The second-order valence-corrected chi connectivity index (χ2v) is 2.25. The van der Waals surface area contributed by atoms with Crippen molar-refractivity contribution in [3.63, 3.8) is 0 Å². The normalized spacial score (nSPS) is 11.0. The number of ether oxygens (including phenoxy) is 1. The summed E-state index contributed by atoms with van der Waals surface area (Å²) in [4.78, 5) is 21.1. The third-order valence-corrected chi connectivity index (χ3v) is 1.29. The predicted molar refractivity (Wildman–Crippen MR) is 42.6 cm³/mol. The van der Waals surface area contributed by atoms with Crippen LogP contribution in [0.3, 0.4) is 0 Å². The first-order chi connectivity index (χ1) is 5.61. The number of methoxy groups -OCH3 is 1. The Balaban J connectivity index is 4.38. The lowest BCUT2D eigenvalue weighted by atomic mass is 10.1. The molecule has 12 heavy (non-hydrogen) atoms. The lowest BCUT2D eigenvalue weighted by Crippen LogP contribution is -2.05. The van der Waals surface area contributed by atoms with Gasteiger partial charge in [-0.05, 0) is 6.42 Å². The minimum atomic E-state index is -1.07. The number of carboxylic acid groups (broad SMARTS) is 1. The zero-order valence-electron chi connectivity index (χ0n) is 7.16. The summed E-state index contributed by atoms with van der Waals surface area (Å²) in [6.07, 6.45) is 2.07. The molecule has 0 atom stereocenters. The molecule has 0 saturated heterocycles. The molecule has 0 aromatic carbocycles. The number of esters is 1. The van der Waals surface area contributed by atoms with Crippen molar-refractivity contribution < 1.29 is 19.4 Å². The monoisotopic (exact) mass is 172 g/mol. The van der Waals surface area contributed by atoms with E-state index in [4.69, 9.17) is 5.11 Å². The molecule has 1 N–H and O–H groups in total. The van der Waals surface area contributed by atoms with Crippen LogP contribution in [-0.2, 0) is 14.3 Å². The number of hydrogen-bond acceptors (Lipinski definition) is 3. The van der Waals surface area contributed by atoms with E-state index in [0.717, 1.165) is 6.08 Å². The molecule has 0 aromatic heterocycles. The summed E-state index contributed by atoms with van der Waals surface area (Å²) >= 11 is 0. The van der Waals surface area contributed by atoms with Gasteiger partial charge < -0.3 is 9.84 Å². The Morgan fingerprint density at radius 3 is 2.42 bits per heavy atom. The molecular formula is C8H12O4. The number of carbonyl (C=O) groups is 2. The van der Waals surface area contributed by atoms with Crippen LogP contribution in [0.2, 0.25) is 0 Å². The van der Waals surface area contributed by atoms with Crippen molar-refractivity contribution in [2.24, 2.45) is 0 Å². The van der Waals surface area contributed by atoms with Gasteiger partial charge in [-0.15, -0.1) is 0 Å². The molecule has 0 aromatic rings. The average molecular weight is 172 g/mol. The van der Waals surface area contributed by atoms with Gasteiger partial charge in [-0.1, -0.05) is 13.3 Å². The van der Waals surface area contributed by atoms with E-state index in [1.807, 2.05) is 6.92 Å². The predicted octanol–water partition coefficient (Wildman–Crippen LogP) is 0.970. The zero-order valence-corrected chi connectivity index (χ0v) is 7.16. The number of rotatable bonds is 4. The molecule has 0 radical (unpaired) electrons. The van der Waals surface area contributed by atoms with Crippen LogP contribution in [0, 0.1) is 0 Å². The molecule has 0 bridgehead atoms. The maximum absolute atomic E-state index is 10.6. The molecule has 0 rings (SSSR count). The Bertz CT molecular complexity index is 205. The van der Waals surface area contributed by atoms with Gasteiger partial charge >= 0.3 is 11.9 Å². The highest BCUT2D eigenvalue weighted by molar-refractivity contribution is 5.95. The third-order valence-electron chi connectivity index (χ3n) is 1.29. The molecule has 0 aliphatic carbocycles. The number of carboxylic acids is 1. The fourth-order valence-corrected chi connectivity index (χ4v) is 0.711. The Kier molecular flexibility index (Phi) is 4.76. The van der Waals surface area contributed by atoms with E-state index in [0.29, 0.717) is 12.8 Å². The van der Waals surface area contributed by atoms with E-state index in [2.05, 4.69) is 4.74 Å². The fraction of sp³-hybridized carbons (Fsp3) is 0.500. The standard InChI is InChI=1S/C8H12O4/c1-3-4-6(8(10)11)5-7(9)12-2/h5H,3-4H2,1-2H3,(H,10,11). The second-order valence-electron chi connectivity index (χ2n) is 2.25. The SMILES string of the molecule is CCCC(=CC(=O)OC)C(=O)O. The maximum atomic E-state index is 10.6. The molecular weight excluding hydrogens is 160 g/mol. The lowest BCUT2D eigenvalue weighted by Gasteiger charge is -1.98. The van der Waals surface area contributed by atoms with E-state index in [1.54, 1.807) is 0 Å². The van der Waals surface area contributed by atoms with Crippen molar-refractivity contribution in [2.75, 3.05) is 7.11 Å². The summed E-state index contributed by atoms with van der Waals surface area (Å²) in [6, 6.07) is 0. The molecule has 0 aliphatic heterocycles. The lowest BCUT2D eigenvalue weighted by molar-refractivity contribution is -0.137. The summed E-state index contributed by atoms with van der Waals surface area (Å²) < 4.78 is 4.30. The molecule has 0 aliphatic rings. The third kappa shape index (κ3) is 3.75. The van der Waals surface area contributed by atoms with E-state index in [9.17, 15) is 9.59 Å². The van der Waals surface area contributed by atoms with Crippen LogP contribution >= 0.6 is 0 Å². The summed E-state index contributed by atoms with van der Waals surface area (Å²) in [5, 5.41) is 8.57. The fourth-order valence-electron chi connectivity index (χ4n) is 0.711. The van der Waals surface area contributed by atoms with Crippen LogP contribution in [0.1, 0.15) is 19.8 Å². The van der Waals surface area contributed by atoms with Crippen molar-refractivity contribution in [1.29, 1.82) is 0 Å². The first kappa shape index (κ1) is 10.7. The summed E-state index contributed by atoms with van der Waals surface area (Å²) in [6.45, 7) is 1.84. The molecule has 0 amide bonds. The Morgan fingerprint density at radius 1 is 1.50 bits per heavy atom. The Labute approximate surface area is 70.8 Å². The minimum absolute atomic E-state index is 0.0874. The van der Waals surface area contributed by atoms with E-state index >= 15 is 0 Å². The first-order valence-corrected chi connectivity index (χ1v) is 3.63. The Morgan fingerprint density at radius 2 is 2.08 bits per heavy atom. The van der Waals surface area contributed by atoms with E-state index in [1.165, 1.54) is 7.11 Å². The van der Waals surface area contributed by atoms with Gasteiger partial charge in [-0.3, -0.25) is 0 Å². The van der Waals surface area contributed by atoms with Gasteiger partial charge in [0.05, 0.1) is 7.11 Å². The van der Waals surface area contributed by atoms with Crippen molar-refractivity contribution in [1.82, 2.24) is 0 Å². The van der Waals surface area contributed by atoms with E-state index in [-0.39, 0.29) is 5.57 Å². The number of hydrogen-bond donors (Lipinski definition) is 1. The highest BCUT2D eigenvalue weighted by Gasteiger charge is 2.08. The van der Waals surface area contributed by atoms with Crippen molar-refractivity contribution >= 4 is 11.9 Å². The van der Waals surface area contributed by atoms with Gasteiger partial charge in [-0.25, -0.2) is 9.59 Å². The molecule has 68 valence electrons. The quantitative estimate of drug-likeness (QED) is 0.507. The van der Waals surface area contributed by atoms with Crippen molar-refractivity contribution in [2.45, 2.75) is 19.8 Å². The largest absolute Gasteiger partial charge is 0.478 e. The minimum Gasteiger partial charge on any atom is -0.478 e. The van der Waals surface area contributed by atoms with Crippen LogP contribution in [-0.4, -0.2) is 24.2 Å². The van der Waals surface area contributed by atoms with Crippen molar-refractivity contribution in [3.8, 4) is 0 Å². The topological polar surface area (TPSA) is 63.6 Å². The van der Waals surface area contributed by atoms with Gasteiger partial charge in [0.2, 0.25) is 0 Å². The van der Waals surface area contributed by atoms with Gasteiger partial charge in [-0.2, -0.15) is 0 Å².